The highest BCUT2D eigenvalue weighted by Gasteiger charge is 2.14. The van der Waals surface area contributed by atoms with Crippen molar-refractivity contribution in [1.82, 2.24) is 19.5 Å². The van der Waals surface area contributed by atoms with Gasteiger partial charge < -0.3 is 4.74 Å². The highest BCUT2D eigenvalue weighted by atomic mass is 16.5. The lowest BCUT2D eigenvalue weighted by molar-refractivity contribution is 0.462. The van der Waals surface area contributed by atoms with E-state index >= 15 is 0 Å². The van der Waals surface area contributed by atoms with Gasteiger partial charge >= 0.3 is 0 Å². The molecule has 0 amide bonds. The van der Waals surface area contributed by atoms with Gasteiger partial charge in [0.15, 0.2) is 0 Å². The molecule has 0 bridgehead atoms. The molecule has 0 fully saturated rings. The number of aryl methyl sites for hydroxylation is 1. The van der Waals surface area contributed by atoms with Crippen molar-refractivity contribution < 1.29 is 4.74 Å². The Labute approximate surface area is 191 Å². The lowest BCUT2D eigenvalue weighted by atomic mass is 10.0. The number of rotatable bonds is 4. The molecule has 0 N–H and O–H groups in total. The molecule has 0 atom stereocenters. The van der Waals surface area contributed by atoms with Gasteiger partial charge in [-0.1, -0.05) is 42.5 Å². The number of benzene rings is 3. The van der Waals surface area contributed by atoms with Crippen LogP contribution in [-0.4, -0.2) is 19.5 Å². The third-order valence-corrected chi connectivity index (χ3v) is 5.71. The van der Waals surface area contributed by atoms with Crippen LogP contribution in [0.3, 0.4) is 0 Å². The van der Waals surface area contributed by atoms with Crippen molar-refractivity contribution in [3.8, 4) is 28.7 Å². The van der Waals surface area contributed by atoms with Crippen LogP contribution < -0.4 is 4.74 Å². The maximum absolute atomic E-state index is 6.01. The Balaban J connectivity index is 1.49. The fourth-order valence-corrected chi connectivity index (χ4v) is 4.20. The number of para-hydroxylation sites is 1. The Hall–Kier alpha value is -4.51. The molecule has 3 aromatic carbocycles. The molecule has 0 saturated carbocycles. The SMILES string of the molecule is Cc1ccnc(Oc2cccc(-c3ccc4c5ccccc5n(-c5ncccn5)c4c3)c2)c1. The van der Waals surface area contributed by atoms with Crippen molar-refractivity contribution in [2.24, 2.45) is 0 Å². The van der Waals surface area contributed by atoms with Crippen molar-refractivity contribution in [3.63, 3.8) is 0 Å². The van der Waals surface area contributed by atoms with E-state index in [0.29, 0.717) is 11.8 Å². The second-order valence-electron chi connectivity index (χ2n) is 7.93. The van der Waals surface area contributed by atoms with Gasteiger partial charge in [0.25, 0.3) is 0 Å². The molecule has 3 heterocycles. The number of ether oxygens (including phenoxy) is 1. The summed E-state index contributed by atoms with van der Waals surface area (Å²) in [5, 5.41) is 2.34. The van der Waals surface area contributed by atoms with Gasteiger partial charge in [-0.15, -0.1) is 0 Å². The van der Waals surface area contributed by atoms with Gasteiger partial charge in [-0.05, 0) is 60.0 Å². The lowest BCUT2D eigenvalue weighted by Crippen LogP contribution is -1.99. The van der Waals surface area contributed by atoms with E-state index in [1.165, 1.54) is 5.39 Å². The fourth-order valence-electron chi connectivity index (χ4n) is 4.20. The van der Waals surface area contributed by atoms with Crippen LogP contribution in [0.5, 0.6) is 11.6 Å². The summed E-state index contributed by atoms with van der Waals surface area (Å²) in [6, 6.07) is 28.6. The topological polar surface area (TPSA) is 52.8 Å². The van der Waals surface area contributed by atoms with Crippen LogP contribution in [0.2, 0.25) is 0 Å². The standard InChI is InChI=1S/C28H20N4O/c1-19-12-15-29-27(16-19)33-22-7-4-6-20(17-22)21-10-11-24-23-8-2-3-9-25(23)32(26(24)18-21)28-30-13-5-14-31-28/h2-18H,1H3. The van der Waals surface area contributed by atoms with Gasteiger partial charge in [-0.25, -0.2) is 15.0 Å². The van der Waals surface area contributed by atoms with Crippen LogP contribution >= 0.6 is 0 Å². The van der Waals surface area contributed by atoms with Crippen LogP contribution in [0.1, 0.15) is 5.56 Å². The molecule has 0 unspecified atom stereocenters. The van der Waals surface area contributed by atoms with Crippen LogP contribution in [0, 0.1) is 6.92 Å². The second kappa shape index (κ2) is 7.88. The largest absolute Gasteiger partial charge is 0.439 e. The molecule has 0 aliphatic rings. The zero-order chi connectivity index (χ0) is 22.2. The zero-order valence-corrected chi connectivity index (χ0v) is 18.0. The van der Waals surface area contributed by atoms with Crippen LogP contribution in [0.25, 0.3) is 38.9 Å². The average molecular weight is 428 g/mol. The molecule has 0 aliphatic carbocycles. The van der Waals surface area contributed by atoms with Crippen molar-refractivity contribution in [2.75, 3.05) is 0 Å². The van der Waals surface area contributed by atoms with Crippen LogP contribution in [-0.2, 0) is 0 Å². The summed E-state index contributed by atoms with van der Waals surface area (Å²) in [5.74, 6) is 1.99. The monoisotopic (exact) mass is 428 g/mol. The van der Waals surface area contributed by atoms with Gasteiger partial charge in [0.2, 0.25) is 11.8 Å². The predicted octanol–water partition coefficient (Wildman–Crippen LogP) is 6.74. The summed E-state index contributed by atoms with van der Waals surface area (Å²) >= 11 is 0. The van der Waals surface area contributed by atoms with Crippen molar-refractivity contribution >= 4 is 21.8 Å². The molecular formula is C28H20N4O. The Morgan fingerprint density at radius 1 is 0.636 bits per heavy atom. The summed E-state index contributed by atoms with van der Waals surface area (Å²) in [6.45, 7) is 2.02. The molecule has 158 valence electrons. The number of pyridine rings is 1. The summed E-state index contributed by atoms with van der Waals surface area (Å²) in [5.41, 5.74) is 5.40. The van der Waals surface area contributed by atoms with E-state index in [-0.39, 0.29) is 0 Å². The van der Waals surface area contributed by atoms with Gasteiger partial charge in [-0.3, -0.25) is 4.57 Å². The highest BCUT2D eigenvalue weighted by molar-refractivity contribution is 6.09. The van der Waals surface area contributed by atoms with Crippen LogP contribution in [0.15, 0.2) is 104 Å². The third-order valence-electron chi connectivity index (χ3n) is 5.71. The fraction of sp³-hybridized carbons (Fsp3) is 0.0357. The molecule has 5 heteroatoms. The van der Waals surface area contributed by atoms with Gasteiger partial charge in [0.05, 0.1) is 11.0 Å². The minimum absolute atomic E-state index is 0.587. The Morgan fingerprint density at radius 2 is 1.45 bits per heavy atom. The predicted molar refractivity (Wildman–Crippen MR) is 131 cm³/mol. The smallest absolute Gasteiger partial charge is 0.234 e. The quantitative estimate of drug-likeness (QED) is 0.312. The summed E-state index contributed by atoms with van der Waals surface area (Å²) in [7, 11) is 0. The van der Waals surface area contributed by atoms with Gasteiger partial charge in [-0.2, -0.15) is 0 Å². The molecule has 3 aromatic heterocycles. The number of nitrogens with zero attached hydrogens (tertiary/aromatic N) is 4. The summed E-state index contributed by atoms with van der Waals surface area (Å²) < 4.78 is 8.13. The summed E-state index contributed by atoms with van der Waals surface area (Å²) in [4.78, 5) is 13.3. The van der Waals surface area contributed by atoms with E-state index in [0.717, 1.165) is 38.9 Å². The normalized spacial score (nSPS) is 11.2. The van der Waals surface area contributed by atoms with E-state index < -0.39 is 0 Å². The first-order valence-electron chi connectivity index (χ1n) is 10.8. The first kappa shape index (κ1) is 19.2. The van der Waals surface area contributed by atoms with Crippen molar-refractivity contribution in [1.29, 1.82) is 0 Å². The summed E-state index contributed by atoms with van der Waals surface area (Å²) in [6.07, 6.45) is 5.30. The first-order valence-corrected chi connectivity index (χ1v) is 10.8. The maximum atomic E-state index is 6.01. The first-order chi connectivity index (χ1) is 16.3. The van der Waals surface area contributed by atoms with Gasteiger partial charge in [0.1, 0.15) is 5.75 Å². The molecule has 33 heavy (non-hydrogen) atoms. The number of fused-ring (bicyclic) bond motifs is 3. The van der Waals surface area contributed by atoms with E-state index in [1.807, 2.05) is 49.4 Å². The molecule has 0 radical (unpaired) electrons. The van der Waals surface area contributed by atoms with E-state index in [9.17, 15) is 0 Å². The molecule has 0 aliphatic heterocycles. The molecule has 0 spiro atoms. The van der Waals surface area contributed by atoms with Crippen LogP contribution in [0.4, 0.5) is 0 Å². The number of hydrogen-bond acceptors (Lipinski definition) is 4. The zero-order valence-electron chi connectivity index (χ0n) is 18.0. The van der Waals surface area contributed by atoms with E-state index in [1.54, 1.807) is 18.6 Å². The molecule has 6 rings (SSSR count). The number of hydrogen-bond donors (Lipinski definition) is 0. The molecule has 6 aromatic rings. The molecular weight excluding hydrogens is 408 g/mol. The van der Waals surface area contributed by atoms with Crippen molar-refractivity contribution in [3.05, 3.63) is 109 Å². The lowest BCUT2D eigenvalue weighted by Gasteiger charge is -2.09. The van der Waals surface area contributed by atoms with E-state index in [2.05, 4.69) is 62.0 Å². The minimum atomic E-state index is 0.587. The van der Waals surface area contributed by atoms with E-state index in [4.69, 9.17) is 4.74 Å². The highest BCUT2D eigenvalue weighted by Crippen LogP contribution is 2.35. The third kappa shape index (κ3) is 3.49. The van der Waals surface area contributed by atoms with Crippen molar-refractivity contribution in [2.45, 2.75) is 6.92 Å². The Morgan fingerprint density at radius 3 is 2.33 bits per heavy atom. The van der Waals surface area contributed by atoms with Gasteiger partial charge in [0, 0.05) is 35.4 Å². The molecule has 5 nitrogen and oxygen atoms in total. The average Bonchev–Trinajstić information content (AvgIpc) is 3.18. The Kier molecular flexibility index (Phi) is 4.58. The number of aromatic nitrogens is 4. The Bertz CT molecular complexity index is 1610. The molecule has 0 saturated heterocycles. The minimum Gasteiger partial charge on any atom is -0.439 e. The second-order valence-corrected chi connectivity index (χ2v) is 7.93. The maximum Gasteiger partial charge on any atom is 0.234 e.